The van der Waals surface area contributed by atoms with Crippen LogP contribution in [0.15, 0.2) is 18.3 Å². The summed E-state index contributed by atoms with van der Waals surface area (Å²) in [4.78, 5) is 3.59. The maximum absolute atomic E-state index is 12.0. The molecule has 0 aromatic carbocycles. The lowest BCUT2D eigenvalue weighted by molar-refractivity contribution is -0.137. The second kappa shape index (κ2) is 3.74. The van der Waals surface area contributed by atoms with Crippen LogP contribution in [0, 0.1) is 0 Å². The number of methoxy groups -OCH3 is 1. The van der Waals surface area contributed by atoms with Crippen LogP contribution in [-0.4, -0.2) is 12.1 Å². The zero-order valence-corrected chi connectivity index (χ0v) is 6.93. The molecule has 2 nitrogen and oxygen atoms in total. The Morgan fingerprint density at radius 1 is 1.38 bits per heavy atom. The average molecular weight is 191 g/mol. The maximum Gasteiger partial charge on any atom is 0.417 e. The van der Waals surface area contributed by atoms with E-state index in [0.717, 1.165) is 12.3 Å². The molecule has 0 aliphatic rings. The van der Waals surface area contributed by atoms with Crippen molar-refractivity contribution in [1.82, 2.24) is 4.98 Å². The maximum atomic E-state index is 12.0. The fourth-order valence-corrected chi connectivity index (χ4v) is 0.825. The number of aromatic nitrogens is 1. The Bertz CT molecular complexity index is 268. The van der Waals surface area contributed by atoms with Gasteiger partial charge in [0.1, 0.15) is 0 Å². The number of rotatable bonds is 2. The summed E-state index contributed by atoms with van der Waals surface area (Å²) in [6, 6.07) is 2.29. The lowest BCUT2D eigenvalue weighted by atomic mass is 10.2. The minimum absolute atomic E-state index is 0.220. The van der Waals surface area contributed by atoms with Crippen molar-refractivity contribution in [2.45, 2.75) is 12.8 Å². The van der Waals surface area contributed by atoms with Crippen molar-refractivity contribution in [3.8, 4) is 0 Å². The Hall–Kier alpha value is -1.10. The Morgan fingerprint density at radius 2 is 2.08 bits per heavy atom. The van der Waals surface area contributed by atoms with Gasteiger partial charge in [0.25, 0.3) is 0 Å². The third-order valence-electron chi connectivity index (χ3n) is 1.44. The monoisotopic (exact) mass is 191 g/mol. The smallest absolute Gasteiger partial charge is 0.378 e. The van der Waals surface area contributed by atoms with E-state index in [-0.39, 0.29) is 6.61 Å². The second-order valence-electron chi connectivity index (χ2n) is 2.47. The summed E-state index contributed by atoms with van der Waals surface area (Å²) >= 11 is 0. The summed E-state index contributed by atoms with van der Waals surface area (Å²) in [6.45, 7) is 0.220. The first-order valence-corrected chi connectivity index (χ1v) is 3.55. The van der Waals surface area contributed by atoms with Crippen LogP contribution in [0.4, 0.5) is 13.2 Å². The average Bonchev–Trinajstić information content (AvgIpc) is 2.04. The molecule has 0 radical (unpaired) electrons. The Balaban J connectivity index is 2.81. The van der Waals surface area contributed by atoms with Gasteiger partial charge in [-0.1, -0.05) is 0 Å². The quantitative estimate of drug-likeness (QED) is 0.715. The van der Waals surface area contributed by atoms with Crippen molar-refractivity contribution in [3.05, 3.63) is 29.6 Å². The van der Waals surface area contributed by atoms with Crippen LogP contribution in [0.25, 0.3) is 0 Å². The highest BCUT2D eigenvalue weighted by atomic mass is 19.4. The van der Waals surface area contributed by atoms with Crippen LogP contribution in [0.2, 0.25) is 0 Å². The molecule has 0 aliphatic heterocycles. The first kappa shape index (κ1) is 9.98. The molecule has 0 amide bonds. The van der Waals surface area contributed by atoms with Gasteiger partial charge in [0.15, 0.2) is 0 Å². The molecule has 0 saturated carbocycles. The van der Waals surface area contributed by atoms with Gasteiger partial charge >= 0.3 is 6.18 Å². The summed E-state index contributed by atoms with van der Waals surface area (Å²) in [5.74, 6) is 0. The lowest BCUT2D eigenvalue weighted by Crippen LogP contribution is -2.06. The number of pyridine rings is 1. The first-order chi connectivity index (χ1) is 6.04. The van der Waals surface area contributed by atoms with E-state index in [9.17, 15) is 13.2 Å². The third kappa shape index (κ3) is 2.69. The molecule has 1 rings (SSSR count). The van der Waals surface area contributed by atoms with E-state index in [1.165, 1.54) is 13.2 Å². The van der Waals surface area contributed by atoms with Crippen LogP contribution in [0.1, 0.15) is 11.3 Å². The summed E-state index contributed by atoms with van der Waals surface area (Å²) < 4.78 is 40.8. The molecule has 0 unspecified atom stereocenters. The molecule has 5 heteroatoms. The van der Waals surface area contributed by atoms with Crippen molar-refractivity contribution < 1.29 is 17.9 Å². The van der Waals surface area contributed by atoms with Gasteiger partial charge in [-0.3, -0.25) is 4.98 Å². The highest BCUT2D eigenvalue weighted by molar-refractivity contribution is 5.16. The molecule has 13 heavy (non-hydrogen) atoms. The van der Waals surface area contributed by atoms with E-state index >= 15 is 0 Å². The summed E-state index contributed by atoms with van der Waals surface area (Å²) in [5.41, 5.74) is -0.261. The van der Waals surface area contributed by atoms with Crippen molar-refractivity contribution in [2.75, 3.05) is 7.11 Å². The molecular weight excluding hydrogens is 183 g/mol. The lowest BCUT2D eigenvalue weighted by Gasteiger charge is -2.05. The second-order valence-corrected chi connectivity index (χ2v) is 2.47. The zero-order valence-electron chi connectivity index (χ0n) is 6.93. The Labute approximate surface area is 73.4 Å². The van der Waals surface area contributed by atoms with Crippen molar-refractivity contribution in [1.29, 1.82) is 0 Å². The van der Waals surface area contributed by atoms with Crippen LogP contribution < -0.4 is 0 Å². The van der Waals surface area contributed by atoms with E-state index in [4.69, 9.17) is 4.74 Å². The number of hydrogen-bond donors (Lipinski definition) is 0. The van der Waals surface area contributed by atoms with Gasteiger partial charge < -0.3 is 4.74 Å². The van der Waals surface area contributed by atoms with Crippen molar-refractivity contribution in [2.24, 2.45) is 0 Å². The molecule has 1 aromatic rings. The predicted octanol–water partition coefficient (Wildman–Crippen LogP) is 2.25. The van der Waals surface area contributed by atoms with Crippen LogP contribution >= 0.6 is 0 Å². The molecule has 0 fully saturated rings. The zero-order chi connectivity index (χ0) is 9.90. The fourth-order valence-electron chi connectivity index (χ4n) is 0.825. The number of alkyl halides is 3. The van der Waals surface area contributed by atoms with Gasteiger partial charge in [-0.2, -0.15) is 13.2 Å². The predicted molar refractivity (Wildman–Crippen MR) is 40.0 cm³/mol. The minimum Gasteiger partial charge on any atom is -0.378 e. The molecule has 0 aliphatic carbocycles. The highest BCUT2D eigenvalue weighted by Crippen LogP contribution is 2.28. The summed E-state index contributed by atoms with van der Waals surface area (Å²) in [7, 11) is 1.46. The SMILES string of the molecule is COCc1ccc(C(F)(F)F)cn1. The third-order valence-corrected chi connectivity index (χ3v) is 1.44. The number of nitrogens with zero attached hydrogens (tertiary/aromatic N) is 1. The normalized spacial score (nSPS) is 11.7. The van der Waals surface area contributed by atoms with Crippen molar-refractivity contribution in [3.63, 3.8) is 0 Å². The molecule has 1 heterocycles. The van der Waals surface area contributed by atoms with Gasteiger partial charge in [-0.15, -0.1) is 0 Å². The standard InChI is InChI=1S/C8H8F3NO/c1-13-5-7-3-2-6(4-12-7)8(9,10)11/h2-4H,5H2,1H3. The van der Waals surface area contributed by atoms with E-state index in [1.54, 1.807) is 0 Å². The van der Waals surface area contributed by atoms with E-state index in [0.29, 0.717) is 5.69 Å². The molecule has 0 N–H and O–H groups in total. The highest BCUT2D eigenvalue weighted by Gasteiger charge is 2.30. The van der Waals surface area contributed by atoms with Gasteiger partial charge in [0, 0.05) is 13.3 Å². The van der Waals surface area contributed by atoms with Gasteiger partial charge in [-0.05, 0) is 12.1 Å². The van der Waals surface area contributed by atoms with Crippen molar-refractivity contribution >= 4 is 0 Å². The van der Waals surface area contributed by atoms with Gasteiger partial charge in [0.2, 0.25) is 0 Å². The fraction of sp³-hybridized carbons (Fsp3) is 0.375. The van der Waals surface area contributed by atoms with E-state index in [2.05, 4.69) is 4.98 Å². The van der Waals surface area contributed by atoms with Gasteiger partial charge in [-0.25, -0.2) is 0 Å². The molecule has 0 spiro atoms. The largest absolute Gasteiger partial charge is 0.417 e. The van der Waals surface area contributed by atoms with Gasteiger partial charge in [0.05, 0.1) is 17.9 Å². The Morgan fingerprint density at radius 3 is 2.46 bits per heavy atom. The topological polar surface area (TPSA) is 22.1 Å². The minimum atomic E-state index is -4.32. The first-order valence-electron chi connectivity index (χ1n) is 3.55. The Kier molecular flexibility index (Phi) is 2.87. The van der Waals surface area contributed by atoms with Crippen LogP contribution in [0.3, 0.4) is 0 Å². The molecular formula is C8H8F3NO. The molecule has 72 valence electrons. The molecule has 0 saturated heterocycles. The number of halogens is 3. The number of ether oxygens (including phenoxy) is 1. The van der Waals surface area contributed by atoms with Crippen LogP contribution in [-0.2, 0) is 17.5 Å². The summed E-state index contributed by atoms with van der Waals surface area (Å²) in [6.07, 6.45) is -3.52. The molecule has 0 bridgehead atoms. The van der Waals surface area contributed by atoms with E-state index < -0.39 is 11.7 Å². The van der Waals surface area contributed by atoms with E-state index in [1.807, 2.05) is 0 Å². The molecule has 1 aromatic heterocycles. The number of hydrogen-bond acceptors (Lipinski definition) is 2. The summed E-state index contributed by atoms with van der Waals surface area (Å²) in [5, 5.41) is 0. The van der Waals surface area contributed by atoms with Crippen LogP contribution in [0.5, 0.6) is 0 Å². The molecule has 0 atom stereocenters.